The van der Waals surface area contributed by atoms with Crippen LogP contribution in [0, 0.1) is 0 Å². The lowest BCUT2D eigenvalue weighted by molar-refractivity contribution is 0.504. The highest BCUT2D eigenvalue weighted by Gasteiger charge is 2.13. The van der Waals surface area contributed by atoms with E-state index in [1.807, 2.05) is 13.0 Å². The van der Waals surface area contributed by atoms with Crippen LogP contribution in [0.15, 0.2) is 30.3 Å². The van der Waals surface area contributed by atoms with Crippen molar-refractivity contribution in [3.8, 4) is 0 Å². The monoisotopic (exact) mass is 264 g/mol. The average molecular weight is 265 g/mol. The van der Waals surface area contributed by atoms with Gasteiger partial charge in [0, 0.05) is 6.54 Å². The van der Waals surface area contributed by atoms with Gasteiger partial charge in [-0.15, -0.1) is 16.7 Å². The molecule has 0 amide bonds. The van der Waals surface area contributed by atoms with Crippen molar-refractivity contribution in [2.75, 3.05) is 0 Å². The van der Waals surface area contributed by atoms with Crippen LogP contribution >= 0.6 is 11.6 Å². The maximum absolute atomic E-state index is 6.02. The first-order valence-electron chi connectivity index (χ1n) is 6.13. The summed E-state index contributed by atoms with van der Waals surface area (Å²) in [6, 6.07) is 10.5. The van der Waals surface area contributed by atoms with Gasteiger partial charge < -0.3 is 0 Å². The highest BCUT2D eigenvalue weighted by molar-refractivity contribution is 6.20. The SMILES string of the molecule is CC(Cl)c1nnnn1CCC(C)c1ccccc1. The third-order valence-corrected chi connectivity index (χ3v) is 3.25. The summed E-state index contributed by atoms with van der Waals surface area (Å²) in [5.74, 6) is 1.21. The molecule has 0 aliphatic carbocycles. The van der Waals surface area contributed by atoms with Crippen molar-refractivity contribution >= 4 is 11.6 Å². The maximum atomic E-state index is 6.02. The quantitative estimate of drug-likeness (QED) is 0.779. The van der Waals surface area contributed by atoms with Crippen molar-refractivity contribution in [1.82, 2.24) is 20.2 Å². The summed E-state index contributed by atoms with van der Waals surface area (Å²) >= 11 is 6.02. The zero-order valence-corrected chi connectivity index (χ0v) is 11.4. The van der Waals surface area contributed by atoms with E-state index in [1.54, 1.807) is 4.68 Å². The molecule has 2 unspecified atom stereocenters. The summed E-state index contributed by atoms with van der Waals surface area (Å²) in [4.78, 5) is 0. The molecule has 5 heteroatoms. The van der Waals surface area contributed by atoms with Crippen molar-refractivity contribution in [1.29, 1.82) is 0 Å². The predicted molar refractivity (Wildman–Crippen MR) is 71.6 cm³/mol. The molecule has 18 heavy (non-hydrogen) atoms. The first-order chi connectivity index (χ1) is 8.68. The van der Waals surface area contributed by atoms with Gasteiger partial charge in [0.25, 0.3) is 0 Å². The third kappa shape index (κ3) is 3.07. The Bertz CT molecular complexity index is 481. The van der Waals surface area contributed by atoms with Crippen molar-refractivity contribution < 1.29 is 0 Å². The number of alkyl halides is 1. The molecule has 1 aromatic carbocycles. The molecule has 2 rings (SSSR count). The fourth-order valence-corrected chi connectivity index (χ4v) is 2.08. The van der Waals surface area contributed by atoms with E-state index in [4.69, 9.17) is 11.6 Å². The largest absolute Gasteiger partial charge is 0.228 e. The molecule has 0 bridgehead atoms. The Morgan fingerprint density at radius 1 is 1.22 bits per heavy atom. The number of rotatable bonds is 5. The van der Waals surface area contributed by atoms with E-state index < -0.39 is 0 Å². The molecular formula is C13H17ClN4. The molecule has 0 aliphatic heterocycles. The van der Waals surface area contributed by atoms with E-state index in [0.717, 1.165) is 18.8 Å². The van der Waals surface area contributed by atoms with Gasteiger partial charge in [-0.2, -0.15) is 0 Å². The fourth-order valence-electron chi connectivity index (χ4n) is 1.92. The van der Waals surface area contributed by atoms with Gasteiger partial charge in [-0.1, -0.05) is 37.3 Å². The molecule has 96 valence electrons. The van der Waals surface area contributed by atoms with Crippen LogP contribution in [0.5, 0.6) is 0 Å². The molecular weight excluding hydrogens is 248 g/mol. The van der Waals surface area contributed by atoms with E-state index in [-0.39, 0.29) is 5.38 Å². The summed E-state index contributed by atoms with van der Waals surface area (Å²) in [6.07, 6.45) is 0.992. The molecule has 0 aliphatic rings. The van der Waals surface area contributed by atoms with Gasteiger partial charge in [-0.3, -0.25) is 0 Å². The lowest BCUT2D eigenvalue weighted by atomic mass is 9.98. The molecule has 0 spiro atoms. The summed E-state index contributed by atoms with van der Waals surface area (Å²) in [6.45, 7) is 4.88. The number of nitrogens with zero attached hydrogens (tertiary/aromatic N) is 4. The third-order valence-electron chi connectivity index (χ3n) is 3.06. The molecule has 4 nitrogen and oxygen atoms in total. The molecule has 0 saturated heterocycles. The fraction of sp³-hybridized carbons (Fsp3) is 0.462. The Kier molecular flexibility index (Phi) is 4.31. The van der Waals surface area contributed by atoms with Gasteiger partial charge >= 0.3 is 0 Å². The topological polar surface area (TPSA) is 43.6 Å². The Morgan fingerprint density at radius 2 is 1.94 bits per heavy atom. The van der Waals surface area contributed by atoms with Crippen molar-refractivity contribution in [2.24, 2.45) is 0 Å². The average Bonchev–Trinajstić information content (AvgIpc) is 2.85. The summed E-state index contributed by atoms with van der Waals surface area (Å²) < 4.78 is 1.79. The van der Waals surface area contributed by atoms with Crippen LogP contribution < -0.4 is 0 Å². The summed E-state index contributed by atoms with van der Waals surface area (Å²) in [7, 11) is 0. The molecule has 0 N–H and O–H groups in total. The molecule has 0 fully saturated rings. The minimum atomic E-state index is -0.160. The van der Waals surface area contributed by atoms with Crippen LogP contribution in [0.4, 0.5) is 0 Å². The minimum absolute atomic E-state index is 0.160. The highest BCUT2D eigenvalue weighted by atomic mass is 35.5. The zero-order chi connectivity index (χ0) is 13.0. The molecule has 1 heterocycles. The van der Waals surface area contributed by atoms with Crippen LogP contribution in [0.2, 0.25) is 0 Å². The molecule has 1 aromatic heterocycles. The number of hydrogen-bond acceptors (Lipinski definition) is 3. The van der Waals surface area contributed by atoms with Crippen molar-refractivity contribution in [3.63, 3.8) is 0 Å². The van der Waals surface area contributed by atoms with Crippen molar-refractivity contribution in [2.45, 2.75) is 38.1 Å². The van der Waals surface area contributed by atoms with Gasteiger partial charge in [0.1, 0.15) is 0 Å². The van der Waals surface area contributed by atoms with Gasteiger partial charge in [-0.25, -0.2) is 4.68 Å². The van der Waals surface area contributed by atoms with Crippen LogP contribution in [-0.4, -0.2) is 20.2 Å². The minimum Gasteiger partial charge on any atom is -0.228 e. The van der Waals surface area contributed by atoms with E-state index in [1.165, 1.54) is 5.56 Å². The Labute approximate surface area is 112 Å². The molecule has 2 aromatic rings. The van der Waals surface area contributed by atoms with Gasteiger partial charge in [0.15, 0.2) is 5.82 Å². The Hall–Kier alpha value is -1.42. The molecule has 0 radical (unpaired) electrons. The zero-order valence-electron chi connectivity index (χ0n) is 10.6. The van der Waals surface area contributed by atoms with Gasteiger partial charge in [0.05, 0.1) is 5.38 Å². The number of halogens is 1. The lowest BCUT2D eigenvalue weighted by Gasteiger charge is -2.12. The Morgan fingerprint density at radius 3 is 2.61 bits per heavy atom. The number of hydrogen-bond donors (Lipinski definition) is 0. The van der Waals surface area contributed by atoms with Crippen LogP contribution in [0.3, 0.4) is 0 Å². The van der Waals surface area contributed by atoms with Crippen molar-refractivity contribution in [3.05, 3.63) is 41.7 Å². The van der Waals surface area contributed by atoms with Gasteiger partial charge in [-0.05, 0) is 35.3 Å². The highest BCUT2D eigenvalue weighted by Crippen LogP contribution is 2.21. The summed E-state index contributed by atoms with van der Waals surface area (Å²) in [5, 5.41) is 11.4. The van der Waals surface area contributed by atoms with Gasteiger partial charge in [0.2, 0.25) is 0 Å². The molecule has 0 saturated carbocycles. The summed E-state index contributed by atoms with van der Waals surface area (Å²) in [5.41, 5.74) is 1.34. The maximum Gasteiger partial charge on any atom is 0.168 e. The van der Waals surface area contributed by atoms with E-state index in [2.05, 4.69) is 46.7 Å². The number of benzene rings is 1. The standard InChI is InChI=1S/C13H17ClN4/c1-10(12-6-4-3-5-7-12)8-9-18-13(11(2)14)15-16-17-18/h3-7,10-11H,8-9H2,1-2H3. The van der Waals surface area contributed by atoms with Crippen LogP contribution in [-0.2, 0) is 6.54 Å². The van der Waals surface area contributed by atoms with E-state index >= 15 is 0 Å². The van der Waals surface area contributed by atoms with E-state index in [9.17, 15) is 0 Å². The lowest BCUT2D eigenvalue weighted by Crippen LogP contribution is -2.09. The Balaban J connectivity index is 1.97. The second kappa shape index (κ2) is 5.96. The predicted octanol–water partition coefficient (Wildman–Crippen LogP) is 3.17. The molecule has 2 atom stereocenters. The number of aromatic nitrogens is 4. The smallest absolute Gasteiger partial charge is 0.168 e. The number of aryl methyl sites for hydroxylation is 1. The first kappa shape index (κ1) is 13.0. The second-order valence-electron chi connectivity index (χ2n) is 4.48. The first-order valence-corrected chi connectivity index (χ1v) is 6.57. The van der Waals surface area contributed by atoms with E-state index in [0.29, 0.717) is 5.92 Å². The van der Waals surface area contributed by atoms with Crippen LogP contribution in [0.1, 0.15) is 43.0 Å². The number of tetrazole rings is 1. The normalized spacial score (nSPS) is 14.4. The van der Waals surface area contributed by atoms with Crippen LogP contribution in [0.25, 0.3) is 0 Å². The second-order valence-corrected chi connectivity index (χ2v) is 5.13.